The highest BCUT2D eigenvalue weighted by Crippen LogP contribution is 2.30. The molecule has 5 nitrogen and oxygen atoms in total. The van der Waals surface area contributed by atoms with Crippen molar-refractivity contribution < 1.29 is 8.78 Å². The van der Waals surface area contributed by atoms with Gasteiger partial charge in [0.15, 0.2) is 17.5 Å². The highest BCUT2D eigenvalue weighted by Gasteiger charge is 2.19. The number of fused-ring (bicyclic) bond motifs is 1. The van der Waals surface area contributed by atoms with Gasteiger partial charge in [0.05, 0.1) is 18.3 Å². The van der Waals surface area contributed by atoms with Gasteiger partial charge >= 0.3 is 0 Å². The van der Waals surface area contributed by atoms with Gasteiger partial charge in [-0.15, -0.1) is 0 Å². The van der Waals surface area contributed by atoms with Gasteiger partial charge in [0.1, 0.15) is 0 Å². The SMILES string of the molecule is Cc1c(CN(c2cccc(Cl)c2)c2cnccn2)c2ccc(F)c(F)c2[nH]c1=O. The second-order valence-electron chi connectivity index (χ2n) is 6.47. The van der Waals surface area contributed by atoms with Crippen molar-refractivity contribution in [2.45, 2.75) is 13.5 Å². The fraction of sp³-hybridized carbons (Fsp3) is 0.0952. The molecule has 4 aromatic rings. The molecular weight excluding hydrogens is 398 g/mol. The van der Waals surface area contributed by atoms with E-state index in [-0.39, 0.29) is 12.1 Å². The number of benzene rings is 2. The number of nitrogens with zero attached hydrogens (tertiary/aromatic N) is 3. The lowest BCUT2D eigenvalue weighted by Gasteiger charge is -2.25. The van der Waals surface area contributed by atoms with E-state index in [9.17, 15) is 13.6 Å². The third-order valence-corrected chi connectivity index (χ3v) is 4.95. The van der Waals surface area contributed by atoms with Crippen LogP contribution in [0.15, 0.2) is 59.8 Å². The standard InChI is InChI=1S/C21H15ClF2N4O/c1-12-16(15-5-6-17(23)19(24)20(15)27-21(12)29)11-28(18-10-25-7-8-26-18)14-4-2-3-13(22)9-14/h2-10H,11H2,1H3,(H,27,29). The van der Waals surface area contributed by atoms with Crippen LogP contribution < -0.4 is 10.5 Å². The summed E-state index contributed by atoms with van der Waals surface area (Å²) in [4.78, 5) is 25.1. The zero-order chi connectivity index (χ0) is 20.5. The predicted octanol–water partition coefficient (Wildman–Crippen LogP) is 4.90. The fourth-order valence-corrected chi connectivity index (χ4v) is 3.40. The summed E-state index contributed by atoms with van der Waals surface area (Å²) in [6.07, 6.45) is 4.67. The molecular formula is C21H15ClF2N4O. The molecule has 0 saturated heterocycles. The second kappa shape index (κ2) is 7.60. The van der Waals surface area contributed by atoms with Crippen LogP contribution in [0, 0.1) is 18.6 Å². The van der Waals surface area contributed by atoms with Gasteiger partial charge in [-0.2, -0.15) is 0 Å². The lowest BCUT2D eigenvalue weighted by molar-refractivity contribution is 0.515. The molecule has 4 rings (SSSR count). The predicted molar refractivity (Wildman–Crippen MR) is 109 cm³/mol. The van der Waals surface area contributed by atoms with Crippen LogP contribution in [0.2, 0.25) is 5.02 Å². The molecule has 8 heteroatoms. The van der Waals surface area contributed by atoms with E-state index >= 15 is 0 Å². The molecule has 29 heavy (non-hydrogen) atoms. The van der Waals surface area contributed by atoms with E-state index < -0.39 is 17.2 Å². The topological polar surface area (TPSA) is 61.9 Å². The van der Waals surface area contributed by atoms with Crippen molar-refractivity contribution in [3.8, 4) is 0 Å². The van der Waals surface area contributed by atoms with E-state index in [2.05, 4.69) is 15.0 Å². The van der Waals surface area contributed by atoms with E-state index in [0.717, 1.165) is 6.07 Å². The first-order chi connectivity index (χ1) is 14.0. The quantitative estimate of drug-likeness (QED) is 0.518. The molecule has 0 aliphatic rings. The maximum Gasteiger partial charge on any atom is 0.251 e. The Morgan fingerprint density at radius 2 is 2.00 bits per heavy atom. The molecule has 0 radical (unpaired) electrons. The summed E-state index contributed by atoms with van der Waals surface area (Å²) >= 11 is 6.16. The Hall–Kier alpha value is -3.32. The summed E-state index contributed by atoms with van der Waals surface area (Å²) in [5, 5.41) is 0.939. The Bertz CT molecular complexity index is 1260. The first-order valence-electron chi connectivity index (χ1n) is 8.74. The monoisotopic (exact) mass is 412 g/mol. The van der Waals surface area contributed by atoms with E-state index in [1.165, 1.54) is 6.07 Å². The fourth-order valence-electron chi connectivity index (χ4n) is 3.21. The highest BCUT2D eigenvalue weighted by molar-refractivity contribution is 6.30. The largest absolute Gasteiger partial charge is 0.321 e. The van der Waals surface area contributed by atoms with Crippen LogP contribution >= 0.6 is 11.6 Å². The molecule has 0 atom stereocenters. The van der Waals surface area contributed by atoms with E-state index in [1.807, 2.05) is 6.07 Å². The number of aromatic amines is 1. The number of anilines is 2. The van der Waals surface area contributed by atoms with Gasteiger partial charge in [0.2, 0.25) is 0 Å². The van der Waals surface area contributed by atoms with Crippen LogP contribution in [0.1, 0.15) is 11.1 Å². The molecule has 0 spiro atoms. The Morgan fingerprint density at radius 3 is 2.72 bits per heavy atom. The molecule has 2 aromatic heterocycles. The maximum absolute atomic E-state index is 14.3. The Morgan fingerprint density at radius 1 is 1.17 bits per heavy atom. The van der Waals surface area contributed by atoms with Gasteiger partial charge in [-0.05, 0) is 42.8 Å². The van der Waals surface area contributed by atoms with Gasteiger partial charge in [-0.1, -0.05) is 17.7 Å². The van der Waals surface area contributed by atoms with E-state index in [0.29, 0.717) is 33.0 Å². The molecule has 0 saturated carbocycles. The Balaban J connectivity index is 1.93. The van der Waals surface area contributed by atoms with Gasteiger partial charge in [0.25, 0.3) is 5.56 Å². The van der Waals surface area contributed by atoms with Gasteiger partial charge in [-0.25, -0.2) is 13.8 Å². The molecule has 2 aromatic carbocycles. The van der Waals surface area contributed by atoms with Crippen LogP contribution in [0.3, 0.4) is 0 Å². The third kappa shape index (κ3) is 3.56. The molecule has 0 aliphatic carbocycles. The molecule has 2 heterocycles. The molecule has 0 amide bonds. The number of hydrogen-bond donors (Lipinski definition) is 1. The first-order valence-corrected chi connectivity index (χ1v) is 9.12. The molecule has 0 fully saturated rings. The summed E-state index contributed by atoms with van der Waals surface area (Å²) in [6, 6.07) is 9.63. The molecule has 1 N–H and O–H groups in total. The Kier molecular flexibility index (Phi) is 4.98. The number of nitrogens with one attached hydrogen (secondary N) is 1. The molecule has 0 unspecified atom stereocenters. The average molecular weight is 413 g/mol. The number of hydrogen-bond acceptors (Lipinski definition) is 4. The number of aromatic nitrogens is 3. The molecule has 0 bridgehead atoms. The van der Waals surface area contributed by atoms with E-state index in [1.54, 1.807) is 48.6 Å². The van der Waals surface area contributed by atoms with Crippen molar-refractivity contribution in [3.63, 3.8) is 0 Å². The second-order valence-corrected chi connectivity index (χ2v) is 6.91. The number of H-pyrrole nitrogens is 1. The lowest BCUT2D eigenvalue weighted by Crippen LogP contribution is -2.22. The summed E-state index contributed by atoms with van der Waals surface area (Å²) in [6.45, 7) is 1.82. The number of pyridine rings is 1. The number of halogens is 3. The van der Waals surface area contributed by atoms with Gasteiger partial charge in [0, 0.05) is 34.1 Å². The summed E-state index contributed by atoms with van der Waals surface area (Å²) in [7, 11) is 0. The minimum atomic E-state index is -1.09. The van der Waals surface area contributed by atoms with Crippen LogP contribution in [-0.4, -0.2) is 15.0 Å². The minimum Gasteiger partial charge on any atom is -0.321 e. The van der Waals surface area contributed by atoms with Crippen molar-refractivity contribution in [2.75, 3.05) is 4.90 Å². The highest BCUT2D eigenvalue weighted by atomic mass is 35.5. The van der Waals surface area contributed by atoms with Crippen molar-refractivity contribution in [1.82, 2.24) is 15.0 Å². The average Bonchev–Trinajstić information content (AvgIpc) is 2.72. The molecule has 146 valence electrons. The van der Waals surface area contributed by atoms with E-state index in [4.69, 9.17) is 11.6 Å². The maximum atomic E-state index is 14.3. The van der Waals surface area contributed by atoms with Gasteiger partial charge in [-0.3, -0.25) is 9.78 Å². The van der Waals surface area contributed by atoms with Crippen LogP contribution in [0.4, 0.5) is 20.3 Å². The summed E-state index contributed by atoms with van der Waals surface area (Å²) in [5.74, 6) is -1.59. The zero-order valence-corrected chi connectivity index (χ0v) is 16.0. The van der Waals surface area contributed by atoms with Crippen molar-refractivity contribution in [3.05, 3.63) is 93.1 Å². The van der Waals surface area contributed by atoms with Crippen LogP contribution in [-0.2, 0) is 6.54 Å². The van der Waals surface area contributed by atoms with Crippen LogP contribution in [0.5, 0.6) is 0 Å². The normalized spacial score (nSPS) is 11.0. The minimum absolute atomic E-state index is 0.166. The molecule has 0 aliphatic heterocycles. The van der Waals surface area contributed by atoms with Crippen molar-refractivity contribution >= 4 is 34.0 Å². The lowest BCUT2D eigenvalue weighted by atomic mass is 10.0. The Labute approximate surface area is 169 Å². The summed E-state index contributed by atoms with van der Waals surface area (Å²) < 4.78 is 28.0. The van der Waals surface area contributed by atoms with Crippen molar-refractivity contribution in [2.24, 2.45) is 0 Å². The summed E-state index contributed by atoms with van der Waals surface area (Å²) in [5.41, 5.74) is 1.02. The van der Waals surface area contributed by atoms with Gasteiger partial charge < -0.3 is 9.88 Å². The first kappa shape index (κ1) is 19.0. The zero-order valence-electron chi connectivity index (χ0n) is 15.3. The van der Waals surface area contributed by atoms with Crippen molar-refractivity contribution in [1.29, 1.82) is 0 Å². The number of rotatable bonds is 4. The third-order valence-electron chi connectivity index (χ3n) is 4.71. The smallest absolute Gasteiger partial charge is 0.251 e. The van der Waals surface area contributed by atoms with Crippen LogP contribution in [0.25, 0.3) is 10.9 Å².